The second-order valence-corrected chi connectivity index (χ2v) is 7.24. The molecule has 0 saturated carbocycles. The summed E-state index contributed by atoms with van der Waals surface area (Å²) in [4.78, 5) is 10.2. The van der Waals surface area contributed by atoms with Crippen molar-refractivity contribution in [2.45, 2.75) is 6.54 Å². The largest absolute Gasteiger partial charge is 0.480 e. The van der Waals surface area contributed by atoms with Crippen molar-refractivity contribution in [3.63, 3.8) is 0 Å². The molecule has 2 rings (SSSR count). The standard InChI is InChI=1S/C13H24N4OS2/c1-16(2)13-15-12(18-3)11(20-13)10-14-4-5-17-6-8-19-9-7-17/h14H,4-10H2,1-3H3. The zero-order chi connectivity index (χ0) is 14.4. The molecule has 0 unspecified atom stereocenters. The fourth-order valence-electron chi connectivity index (χ4n) is 2.05. The van der Waals surface area contributed by atoms with Crippen LogP contribution in [-0.4, -0.2) is 68.8 Å². The first-order chi connectivity index (χ1) is 9.70. The van der Waals surface area contributed by atoms with Crippen LogP contribution < -0.4 is 15.0 Å². The maximum atomic E-state index is 5.34. The molecular weight excluding hydrogens is 292 g/mol. The summed E-state index contributed by atoms with van der Waals surface area (Å²) in [6.07, 6.45) is 0. The smallest absolute Gasteiger partial charge is 0.230 e. The lowest BCUT2D eigenvalue weighted by atomic mass is 10.4. The Morgan fingerprint density at radius 1 is 1.35 bits per heavy atom. The minimum absolute atomic E-state index is 0.751. The van der Waals surface area contributed by atoms with Gasteiger partial charge < -0.3 is 19.9 Å². The van der Waals surface area contributed by atoms with Crippen LogP contribution in [-0.2, 0) is 6.54 Å². The number of thiazole rings is 1. The number of anilines is 1. The van der Waals surface area contributed by atoms with Crippen LogP contribution in [0.15, 0.2) is 0 Å². The molecule has 2 heterocycles. The zero-order valence-electron chi connectivity index (χ0n) is 12.5. The van der Waals surface area contributed by atoms with Crippen LogP contribution in [0, 0.1) is 0 Å². The van der Waals surface area contributed by atoms with Gasteiger partial charge in [-0.2, -0.15) is 16.7 Å². The van der Waals surface area contributed by atoms with Gasteiger partial charge in [0, 0.05) is 58.3 Å². The third kappa shape index (κ3) is 4.51. The summed E-state index contributed by atoms with van der Waals surface area (Å²) in [5.41, 5.74) is 0. The lowest BCUT2D eigenvalue weighted by Crippen LogP contribution is -2.37. The molecule has 114 valence electrons. The molecule has 1 aromatic heterocycles. The normalized spacial score (nSPS) is 16.4. The molecule has 1 aliphatic rings. The first kappa shape index (κ1) is 15.9. The molecule has 0 aromatic carbocycles. The number of hydrogen-bond donors (Lipinski definition) is 1. The molecular formula is C13H24N4OS2. The second-order valence-electron chi connectivity index (χ2n) is 4.95. The highest BCUT2D eigenvalue weighted by molar-refractivity contribution is 7.99. The summed E-state index contributed by atoms with van der Waals surface area (Å²) in [5, 5.41) is 4.49. The minimum atomic E-state index is 0.751. The van der Waals surface area contributed by atoms with Gasteiger partial charge >= 0.3 is 0 Å². The third-order valence-electron chi connectivity index (χ3n) is 3.22. The van der Waals surface area contributed by atoms with Crippen molar-refractivity contribution < 1.29 is 4.74 Å². The Balaban J connectivity index is 1.75. The number of hydrogen-bond acceptors (Lipinski definition) is 7. The summed E-state index contributed by atoms with van der Waals surface area (Å²) >= 11 is 3.74. The van der Waals surface area contributed by atoms with Crippen molar-refractivity contribution in [3.05, 3.63) is 4.88 Å². The Kier molecular flexibility index (Phi) is 6.41. The maximum absolute atomic E-state index is 5.34. The van der Waals surface area contributed by atoms with Gasteiger partial charge in [0.25, 0.3) is 0 Å². The van der Waals surface area contributed by atoms with E-state index in [0.717, 1.165) is 30.6 Å². The number of aromatic nitrogens is 1. The average molecular weight is 316 g/mol. The molecule has 1 saturated heterocycles. The molecule has 0 amide bonds. The number of ether oxygens (including phenoxy) is 1. The van der Waals surface area contributed by atoms with E-state index in [4.69, 9.17) is 4.74 Å². The van der Waals surface area contributed by atoms with Gasteiger partial charge in [-0.3, -0.25) is 0 Å². The molecule has 0 atom stereocenters. The van der Waals surface area contributed by atoms with E-state index in [1.807, 2.05) is 19.0 Å². The Labute approximate surface area is 129 Å². The number of methoxy groups -OCH3 is 1. The highest BCUT2D eigenvalue weighted by Crippen LogP contribution is 2.30. The fourth-order valence-corrected chi connectivity index (χ4v) is 3.95. The molecule has 1 aromatic rings. The monoisotopic (exact) mass is 316 g/mol. The van der Waals surface area contributed by atoms with Crippen LogP contribution in [0.1, 0.15) is 4.88 Å². The summed E-state index contributed by atoms with van der Waals surface area (Å²) in [6.45, 7) is 5.42. The number of nitrogens with zero attached hydrogens (tertiary/aromatic N) is 3. The van der Waals surface area contributed by atoms with Gasteiger partial charge in [0.05, 0.1) is 12.0 Å². The molecule has 1 N–H and O–H groups in total. The summed E-state index contributed by atoms with van der Waals surface area (Å²) < 4.78 is 5.34. The van der Waals surface area contributed by atoms with E-state index in [9.17, 15) is 0 Å². The van der Waals surface area contributed by atoms with Crippen LogP contribution in [0.4, 0.5) is 5.13 Å². The lowest BCUT2D eigenvalue weighted by molar-refractivity contribution is 0.300. The predicted molar refractivity (Wildman–Crippen MR) is 88.5 cm³/mol. The van der Waals surface area contributed by atoms with E-state index in [1.54, 1.807) is 18.4 Å². The van der Waals surface area contributed by atoms with Crippen molar-refractivity contribution in [2.24, 2.45) is 0 Å². The van der Waals surface area contributed by atoms with Gasteiger partial charge in [-0.15, -0.1) is 0 Å². The topological polar surface area (TPSA) is 40.6 Å². The van der Waals surface area contributed by atoms with Crippen LogP contribution in [0.2, 0.25) is 0 Å². The second kappa shape index (κ2) is 8.07. The van der Waals surface area contributed by atoms with E-state index in [2.05, 4.69) is 27.0 Å². The molecule has 0 spiro atoms. The van der Waals surface area contributed by atoms with Gasteiger partial charge in [-0.05, 0) is 0 Å². The maximum Gasteiger partial charge on any atom is 0.230 e. The van der Waals surface area contributed by atoms with Gasteiger partial charge in [-0.25, -0.2) is 0 Å². The first-order valence-corrected chi connectivity index (χ1v) is 8.89. The van der Waals surface area contributed by atoms with Crippen molar-refractivity contribution in [3.8, 4) is 5.88 Å². The lowest BCUT2D eigenvalue weighted by Gasteiger charge is -2.26. The Morgan fingerprint density at radius 2 is 2.10 bits per heavy atom. The number of rotatable bonds is 7. The summed E-state index contributed by atoms with van der Waals surface area (Å²) in [6, 6.07) is 0. The zero-order valence-corrected chi connectivity index (χ0v) is 14.1. The summed E-state index contributed by atoms with van der Waals surface area (Å²) in [7, 11) is 5.69. The molecule has 20 heavy (non-hydrogen) atoms. The number of nitrogens with one attached hydrogen (secondary N) is 1. The number of thioether (sulfide) groups is 1. The van der Waals surface area contributed by atoms with Crippen molar-refractivity contribution >= 4 is 28.2 Å². The van der Waals surface area contributed by atoms with E-state index in [1.165, 1.54) is 29.5 Å². The van der Waals surface area contributed by atoms with Crippen LogP contribution in [0.5, 0.6) is 5.88 Å². The molecule has 1 aliphatic heterocycles. The van der Waals surface area contributed by atoms with Gasteiger partial charge in [0.1, 0.15) is 0 Å². The molecule has 0 aliphatic carbocycles. The van der Waals surface area contributed by atoms with E-state index in [-0.39, 0.29) is 0 Å². The van der Waals surface area contributed by atoms with Crippen molar-refractivity contribution in [1.29, 1.82) is 0 Å². The van der Waals surface area contributed by atoms with Crippen LogP contribution in [0.25, 0.3) is 0 Å². The molecule has 1 fully saturated rings. The highest BCUT2D eigenvalue weighted by Gasteiger charge is 2.13. The van der Waals surface area contributed by atoms with Crippen LogP contribution >= 0.6 is 23.1 Å². The fraction of sp³-hybridized carbons (Fsp3) is 0.769. The molecule has 5 nitrogen and oxygen atoms in total. The van der Waals surface area contributed by atoms with Gasteiger partial charge in [0.2, 0.25) is 5.88 Å². The quantitative estimate of drug-likeness (QED) is 0.766. The Morgan fingerprint density at radius 3 is 2.75 bits per heavy atom. The molecule has 7 heteroatoms. The Hall–Kier alpha value is -0.500. The van der Waals surface area contributed by atoms with Gasteiger partial charge in [0.15, 0.2) is 5.13 Å². The highest BCUT2D eigenvalue weighted by atomic mass is 32.2. The van der Waals surface area contributed by atoms with E-state index < -0.39 is 0 Å². The van der Waals surface area contributed by atoms with E-state index in [0.29, 0.717) is 0 Å². The molecule has 0 bridgehead atoms. The van der Waals surface area contributed by atoms with Gasteiger partial charge in [-0.1, -0.05) is 11.3 Å². The Bertz CT molecular complexity index is 405. The van der Waals surface area contributed by atoms with Crippen LogP contribution in [0.3, 0.4) is 0 Å². The third-order valence-corrected chi connectivity index (χ3v) is 5.37. The minimum Gasteiger partial charge on any atom is -0.480 e. The predicted octanol–water partition coefficient (Wildman–Crippen LogP) is 1.36. The average Bonchev–Trinajstić information content (AvgIpc) is 2.88. The van der Waals surface area contributed by atoms with Crippen molar-refractivity contribution in [1.82, 2.24) is 15.2 Å². The van der Waals surface area contributed by atoms with E-state index >= 15 is 0 Å². The van der Waals surface area contributed by atoms with Crippen molar-refractivity contribution in [2.75, 3.05) is 63.8 Å². The molecule has 0 radical (unpaired) electrons. The SMILES string of the molecule is COc1nc(N(C)C)sc1CNCCN1CCSCC1. The summed E-state index contributed by atoms with van der Waals surface area (Å²) in [5.74, 6) is 3.30. The first-order valence-electron chi connectivity index (χ1n) is 6.92.